The molecule has 1 heterocycles. The van der Waals surface area contributed by atoms with Gasteiger partial charge in [0.2, 0.25) is 5.88 Å². The van der Waals surface area contributed by atoms with E-state index in [1.807, 2.05) is 72.8 Å². The van der Waals surface area contributed by atoms with E-state index >= 15 is 0 Å². The van der Waals surface area contributed by atoms with Gasteiger partial charge in [0.1, 0.15) is 5.58 Å². The van der Waals surface area contributed by atoms with Crippen molar-refractivity contribution in [1.29, 1.82) is 0 Å². The van der Waals surface area contributed by atoms with Crippen LogP contribution >= 0.6 is 0 Å². The summed E-state index contributed by atoms with van der Waals surface area (Å²) in [6.07, 6.45) is -0.755. The van der Waals surface area contributed by atoms with Crippen molar-refractivity contribution in [3.05, 3.63) is 96.6 Å². The summed E-state index contributed by atoms with van der Waals surface area (Å²) in [5.41, 5.74) is 2.74. The molecule has 5 rings (SSSR count). The molecule has 0 aliphatic heterocycles. The molecule has 0 spiro atoms. The Kier molecular flexibility index (Phi) is 5.03. The fourth-order valence-corrected chi connectivity index (χ4v) is 3.93. The minimum atomic E-state index is -1.16. The van der Waals surface area contributed by atoms with Crippen LogP contribution in [-0.4, -0.2) is 24.3 Å². The van der Waals surface area contributed by atoms with Gasteiger partial charge in [-0.15, -0.1) is 0 Å². The first-order valence-electron chi connectivity index (χ1n) is 10.3. The van der Waals surface area contributed by atoms with Crippen LogP contribution in [0.4, 0.5) is 16.4 Å². The van der Waals surface area contributed by atoms with Crippen molar-refractivity contribution < 1.29 is 23.8 Å². The quantitative estimate of drug-likeness (QED) is 0.332. The summed E-state index contributed by atoms with van der Waals surface area (Å²) in [7, 11) is 1.24. The number of hydrogen-bond donors (Lipinski definition) is 1. The summed E-state index contributed by atoms with van der Waals surface area (Å²) in [5, 5.41) is 12.2. The van der Waals surface area contributed by atoms with Crippen molar-refractivity contribution in [3.8, 4) is 11.1 Å². The number of carbonyl (C=O) groups excluding carboxylic acids is 1. The van der Waals surface area contributed by atoms with Crippen LogP contribution in [0, 0.1) is 0 Å². The molecule has 0 atom stereocenters. The van der Waals surface area contributed by atoms with Gasteiger partial charge in [-0.2, -0.15) is 0 Å². The molecule has 5 aromatic rings. The van der Waals surface area contributed by atoms with Crippen LogP contribution < -0.4 is 4.90 Å². The van der Waals surface area contributed by atoms with Gasteiger partial charge in [0, 0.05) is 11.5 Å². The van der Waals surface area contributed by atoms with E-state index in [2.05, 4.69) is 0 Å². The summed E-state index contributed by atoms with van der Waals surface area (Å²) in [6, 6.07) is 27.9. The maximum absolute atomic E-state index is 12.8. The molecule has 6 nitrogen and oxygen atoms in total. The molecule has 1 N–H and O–H groups in total. The zero-order valence-electron chi connectivity index (χ0n) is 17.7. The van der Waals surface area contributed by atoms with Crippen molar-refractivity contribution in [2.45, 2.75) is 0 Å². The van der Waals surface area contributed by atoms with E-state index in [4.69, 9.17) is 9.15 Å². The number of fused-ring (bicyclic) bond motifs is 2. The fraction of sp³-hybridized carbons (Fsp3) is 0.0370. The Morgan fingerprint density at radius 3 is 2.18 bits per heavy atom. The number of hydrogen-bond acceptors (Lipinski definition) is 4. The molecule has 0 fully saturated rings. The molecule has 0 radical (unpaired) electrons. The molecule has 1 amide bonds. The second-order valence-electron chi connectivity index (χ2n) is 7.53. The summed E-state index contributed by atoms with van der Waals surface area (Å²) in [4.78, 5) is 26.1. The number of carbonyl (C=O) groups is 2. The van der Waals surface area contributed by atoms with E-state index in [-0.39, 0.29) is 17.1 Å². The number of methoxy groups -OCH3 is 1. The fourth-order valence-electron chi connectivity index (χ4n) is 3.93. The average Bonchev–Trinajstić information content (AvgIpc) is 3.26. The molecule has 0 saturated carbocycles. The first-order valence-corrected chi connectivity index (χ1v) is 10.3. The molecule has 6 heteroatoms. The molecule has 0 saturated heterocycles. The minimum absolute atomic E-state index is 0.0375. The van der Waals surface area contributed by atoms with E-state index in [9.17, 15) is 14.7 Å². The van der Waals surface area contributed by atoms with Gasteiger partial charge < -0.3 is 14.3 Å². The lowest BCUT2D eigenvalue weighted by atomic mass is 10.0. The third-order valence-electron chi connectivity index (χ3n) is 5.52. The van der Waals surface area contributed by atoms with E-state index in [0.717, 1.165) is 32.2 Å². The molecule has 162 valence electrons. The first-order chi connectivity index (χ1) is 16.0. The van der Waals surface area contributed by atoms with Gasteiger partial charge in [-0.25, -0.2) is 14.5 Å². The van der Waals surface area contributed by atoms with Crippen LogP contribution in [0.3, 0.4) is 0 Å². The van der Waals surface area contributed by atoms with Gasteiger partial charge in [-0.1, -0.05) is 60.7 Å². The Labute approximate surface area is 189 Å². The number of nitrogens with zero attached hydrogens (tertiary/aromatic N) is 1. The SMILES string of the molecule is COC(=O)N(c1cc2cc(-c3ccccc3)ccc2o1)c1cc2ccccc2cc1C(=O)O. The van der Waals surface area contributed by atoms with Crippen LogP contribution in [0.25, 0.3) is 32.9 Å². The minimum Gasteiger partial charge on any atom is -0.478 e. The predicted molar refractivity (Wildman–Crippen MR) is 127 cm³/mol. The Bertz CT molecular complexity index is 1500. The molecular weight excluding hydrogens is 418 g/mol. The van der Waals surface area contributed by atoms with Crippen molar-refractivity contribution in [2.24, 2.45) is 0 Å². The van der Waals surface area contributed by atoms with E-state index < -0.39 is 12.1 Å². The summed E-state index contributed by atoms with van der Waals surface area (Å²) in [6.45, 7) is 0. The van der Waals surface area contributed by atoms with Crippen molar-refractivity contribution >= 4 is 45.4 Å². The van der Waals surface area contributed by atoms with E-state index in [1.54, 1.807) is 18.2 Å². The Hall–Kier alpha value is -4.58. The van der Waals surface area contributed by atoms with Gasteiger partial charge in [0.05, 0.1) is 18.4 Å². The van der Waals surface area contributed by atoms with Gasteiger partial charge in [-0.05, 0) is 46.2 Å². The molecular formula is C27H19NO5. The Balaban J connectivity index is 1.68. The topological polar surface area (TPSA) is 80.0 Å². The summed E-state index contributed by atoms with van der Waals surface area (Å²) >= 11 is 0. The molecule has 0 aliphatic carbocycles. The van der Waals surface area contributed by atoms with Gasteiger partial charge in [0.25, 0.3) is 0 Å². The number of aromatic carboxylic acids is 1. The zero-order valence-corrected chi connectivity index (χ0v) is 17.7. The number of furan rings is 1. The number of anilines is 2. The monoisotopic (exact) mass is 437 g/mol. The number of carboxylic acids is 1. The lowest BCUT2D eigenvalue weighted by Crippen LogP contribution is -2.27. The number of rotatable bonds is 4. The zero-order chi connectivity index (χ0) is 22.9. The smallest absolute Gasteiger partial charge is 0.421 e. The lowest BCUT2D eigenvalue weighted by Gasteiger charge is -2.21. The van der Waals surface area contributed by atoms with Crippen LogP contribution in [0.1, 0.15) is 10.4 Å². The normalized spacial score (nSPS) is 10.9. The number of amides is 1. The largest absolute Gasteiger partial charge is 0.478 e. The van der Waals surface area contributed by atoms with Crippen molar-refractivity contribution in [1.82, 2.24) is 0 Å². The van der Waals surface area contributed by atoms with Gasteiger partial charge in [0.15, 0.2) is 0 Å². The molecule has 0 unspecified atom stereocenters. The molecule has 1 aromatic heterocycles. The second kappa shape index (κ2) is 8.16. The number of carboxylic acid groups (broad SMARTS) is 1. The highest BCUT2D eigenvalue weighted by molar-refractivity contribution is 6.08. The molecule has 4 aromatic carbocycles. The van der Waals surface area contributed by atoms with Crippen LogP contribution in [0.2, 0.25) is 0 Å². The highest BCUT2D eigenvalue weighted by Crippen LogP contribution is 2.37. The van der Waals surface area contributed by atoms with Gasteiger partial charge >= 0.3 is 12.1 Å². The molecule has 0 aliphatic rings. The maximum atomic E-state index is 12.8. The van der Waals surface area contributed by atoms with Gasteiger partial charge in [-0.3, -0.25) is 0 Å². The van der Waals surface area contributed by atoms with Crippen LogP contribution in [-0.2, 0) is 4.74 Å². The second-order valence-corrected chi connectivity index (χ2v) is 7.53. The Morgan fingerprint density at radius 1 is 0.788 bits per heavy atom. The number of benzene rings is 4. The van der Waals surface area contributed by atoms with Crippen molar-refractivity contribution in [2.75, 3.05) is 12.0 Å². The standard InChI is InChI=1S/C27H19NO5/c1-32-27(31)28(23-15-19-10-6-5-9-18(19)14-22(23)26(29)30)25-16-21-13-20(11-12-24(21)33-25)17-7-3-2-4-8-17/h2-16H,1H3,(H,29,30). The highest BCUT2D eigenvalue weighted by Gasteiger charge is 2.27. The lowest BCUT2D eigenvalue weighted by molar-refractivity contribution is 0.0698. The highest BCUT2D eigenvalue weighted by atomic mass is 16.5. The van der Waals surface area contributed by atoms with Crippen molar-refractivity contribution in [3.63, 3.8) is 0 Å². The molecule has 33 heavy (non-hydrogen) atoms. The molecule has 0 bridgehead atoms. The summed E-state index contributed by atoms with van der Waals surface area (Å²) in [5.74, 6) is -0.994. The first kappa shape index (κ1) is 20.3. The Morgan fingerprint density at radius 2 is 1.48 bits per heavy atom. The average molecular weight is 437 g/mol. The van der Waals surface area contributed by atoms with Crippen LogP contribution in [0.15, 0.2) is 95.4 Å². The summed E-state index contributed by atoms with van der Waals surface area (Å²) < 4.78 is 11.0. The third kappa shape index (κ3) is 3.68. The van der Waals surface area contributed by atoms with Crippen LogP contribution in [0.5, 0.6) is 0 Å². The van der Waals surface area contributed by atoms with E-state index in [1.165, 1.54) is 7.11 Å². The maximum Gasteiger partial charge on any atom is 0.421 e. The third-order valence-corrected chi connectivity index (χ3v) is 5.52. The van der Waals surface area contributed by atoms with E-state index in [0.29, 0.717) is 5.58 Å². The predicted octanol–water partition coefficient (Wildman–Crippen LogP) is 6.86. The number of ether oxygens (including phenoxy) is 1.